The van der Waals surface area contributed by atoms with Gasteiger partial charge in [0.25, 0.3) is 0 Å². The fourth-order valence-electron chi connectivity index (χ4n) is 1.90. The molecule has 1 aromatic carbocycles. The Hall–Kier alpha value is -1.55. The number of carboxylic acids is 1. The largest absolute Gasteiger partial charge is 0.496 e. The molecule has 0 spiro atoms. The fraction of sp³-hybridized carbons (Fsp3) is 0.462. The normalized spacial score (nSPS) is 13.2. The van der Waals surface area contributed by atoms with E-state index < -0.39 is 11.5 Å². The van der Waals surface area contributed by atoms with Crippen molar-refractivity contribution in [3.8, 4) is 5.75 Å². The topological polar surface area (TPSA) is 72.5 Å². The zero-order chi connectivity index (χ0) is 13.1. The summed E-state index contributed by atoms with van der Waals surface area (Å²) in [5.74, 6) is -0.465. The Balaban J connectivity index is 3.17. The molecule has 1 atom stereocenters. The monoisotopic (exact) mass is 237 g/mol. The summed E-state index contributed by atoms with van der Waals surface area (Å²) in [6.45, 7) is 3.65. The first kappa shape index (κ1) is 13.5. The molecule has 0 aliphatic rings. The highest BCUT2D eigenvalue weighted by Crippen LogP contribution is 2.35. The molecule has 0 fully saturated rings. The maximum atomic E-state index is 10.9. The van der Waals surface area contributed by atoms with E-state index in [1.54, 1.807) is 7.11 Å². The molecule has 0 saturated heterocycles. The van der Waals surface area contributed by atoms with Crippen LogP contribution in [0.2, 0.25) is 0 Å². The number of nitrogens with two attached hydrogens (primary N) is 1. The molecule has 0 aliphatic carbocycles. The molecule has 0 heterocycles. The Labute approximate surface area is 101 Å². The van der Waals surface area contributed by atoms with Crippen molar-refractivity contribution in [1.29, 1.82) is 0 Å². The molecule has 4 heteroatoms. The standard InChI is InChI=1S/C13H19NO3/c1-13(2,14)10(8-12(15)16)9-6-4-5-7-11(9)17-3/h4-7,10H,8,14H2,1-3H3,(H,15,16). The average molecular weight is 237 g/mol. The lowest BCUT2D eigenvalue weighted by atomic mass is 9.80. The Bertz CT molecular complexity index is 396. The minimum Gasteiger partial charge on any atom is -0.496 e. The van der Waals surface area contributed by atoms with Crippen LogP contribution in [-0.2, 0) is 4.79 Å². The van der Waals surface area contributed by atoms with Gasteiger partial charge >= 0.3 is 5.97 Å². The van der Waals surface area contributed by atoms with Gasteiger partial charge in [-0.1, -0.05) is 18.2 Å². The Morgan fingerprint density at radius 3 is 2.53 bits per heavy atom. The van der Waals surface area contributed by atoms with E-state index in [1.165, 1.54) is 0 Å². The lowest BCUT2D eigenvalue weighted by molar-refractivity contribution is -0.137. The van der Waals surface area contributed by atoms with Gasteiger partial charge in [-0.25, -0.2) is 0 Å². The van der Waals surface area contributed by atoms with Gasteiger partial charge in [0.05, 0.1) is 13.5 Å². The number of benzene rings is 1. The third-order valence-corrected chi connectivity index (χ3v) is 2.79. The first-order chi connectivity index (χ1) is 7.86. The number of para-hydroxylation sites is 1. The number of carbonyl (C=O) groups is 1. The van der Waals surface area contributed by atoms with Gasteiger partial charge in [-0.05, 0) is 25.5 Å². The summed E-state index contributed by atoms with van der Waals surface area (Å²) in [6, 6.07) is 7.39. The minimum atomic E-state index is -0.862. The van der Waals surface area contributed by atoms with Crippen LogP contribution in [0.5, 0.6) is 5.75 Å². The molecule has 0 aliphatic heterocycles. The van der Waals surface area contributed by atoms with Crippen molar-refractivity contribution in [2.75, 3.05) is 7.11 Å². The van der Waals surface area contributed by atoms with E-state index in [0.29, 0.717) is 5.75 Å². The van der Waals surface area contributed by atoms with Crippen LogP contribution in [0.1, 0.15) is 31.7 Å². The third kappa shape index (κ3) is 3.46. The molecule has 1 aromatic rings. The minimum absolute atomic E-state index is 0.0100. The molecular weight excluding hydrogens is 218 g/mol. The lowest BCUT2D eigenvalue weighted by Gasteiger charge is -2.30. The van der Waals surface area contributed by atoms with Crippen molar-refractivity contribution in [3.05, 3.63) is 29.8 Å². The lowest BCUT2D eigenvalue weighted by Crippen LogP contribution is -2.40. The molecule has 1 unspecified atom stereocenters. The van der Waals surface area contributed by atoms with E-state index in [-0.39, 0.29) is 12.3 Å². The second kappa shape index (κ2) is 5.19. The quantitative estimate of drug-likeness (QED) is 0.821. The number of rotatable bonds is 5. The smallest absolute Gasteiger partial charge is 0.304 e. The van der Waals surface area contributed by atoms with Gasteiger partial charge in [0, 0.05) is 11.5 Å². The van der Waals surface area contributed by atoms with Gasteiger partial charge in [-0.3, -0.25) is 4.79 Å². The van der Waals surface area contributed by atoms with E-state index in [9.17, 15) is 4.79 Å². The molecule has 17 heavy (non-hydrogen) atoms. The summed E-state index contributed by atoms with van der Waals surface area (Å²) in [5, 5.41) is 8.98. The zero-order valence-corrected chi connectivity index (χ0v) is 10.4. The van der Waals surface area contributed by atoms with E-state index in [2.05, 4.69) is 0 Å². The highest BCUT2D eigenvalue weighted by Gasteiger charge is 2.30. The van der Waals surface area contributed by atoms with Crippen LogP contribution >= 0.6 is 0 Å². The molecule has 94 valence electrons. The van der Waals surface area contributed by atoms with Gasteiger partial charge in [-0.15, -0.1) is 0 Å². The van der Waals surface area contributed by atoms with Crippen LogP contribution in [0.25, 0.3) is 0 Å². The first-order valence-electron chi connectivity index (χ1n) is 5.50. The SMILES string of the molecule is COc1ccccc1C(CC(=O)O)C(C)(C)N. The van der Waals surface area contributed by atoms with Gasteiger partial charge < -0.3 is 15.6 Å². The number of hydrogen-bond acceptors (Lipinski definition) is 3. The van der Waals surface area contributed by atoms with Gasteiger partial charge in [0.2, 0.25) is 0 Å². The number of aliphatic carboxylic acids is 1. The van der Waals surface area contributed by atoms with Gasteiger partial charge in [0.1, 0.15) is 5.75 Å². The number of ether oxygens (including phenoxy) is 1. The van der Waals surface area contributed by atoms with Crippen molar-refractivity contribution in [2.24, 2.45) is 5.73 Å². The van der Waals surface area contributed by atoms with Crippen LogP contribution in [0, 0.1) is 0 Å². The average Bonchev–Trinajstić information content (AvgIpc) is 2.24. The van der Waals surface area contributed by atoms with Crippen molar-refractivity contribution in [3.63, 3.8) is 0 Å². The molecule has 0 saturated carbocycles. The van der Waals surface area contributed by atoms with Crippen LogP contribution in [-0.4, -0.2) is 23.7 Å². The molecule has 0 amide bonds. The summed E-state index contributed by atoms with van der Waals surface area (Å²) in [6.07, 6.45) is -0.0100. The van der Waals surface area contributed by atoms with Crippen LogP contribution < -0.4 is 10.5 Å². The van der Waals surface area contributed by atoms with E-state index in [4.69, 9.17) is 15.6 Å². The van der Waals surface area contributed by atoms with Gasteiger partial charge in [-0.2, -0.15) is 0 Å². The number of methoxy groups -OCH3 is 1. The molecule has 0 radical (unpaired) electrons. The van der Waals surface area contributed by atoms with E-state index in [1.807, 2.05) is 38.1 Å². The van der Waals surface area contributed by atoms with E-state index >= 15 is 0 Å². The predicted molar refractivity (Wildman–Crippen MR) is 66.3 cm³/mol. The summed E-state index contributed by atoms with van der Waals surface area (Å²) in [5.41, 5.74) is 6.28. The summed E-state index contributed by atoms with van der Waals surface area (Å²) >= 11 is 0. The summed E-state index contributed by atoms with van der Waals surface area (Å²) in [4.78, 5) is 10.9. The maximum absolute atomic E-state index is 10.9. The highest BCUT2D eigenvalue weighted by atomic mass is 16.5. The molecule has 3 N–H and O–H groups in total. The van der Waals surface area contributed by atoms with Crippen LogP contribution in [0.3, 0.4) is 0 Å². The number of hydrogen-bond donors (Lipinski definition) is 2. The van der Waals surface area contributed by atoms with Crippen molar-refractivity contribution >= 4 is 5.97 Å². The summed E-state index contributed by atoms with van der Waals surface area (Å²) < 4.78 is 5.25. The maximum Gasteiger partial charge on any atom is 0.304 e. The van der Waals surface area contributed by atoms with Crippen molar-refractivity contribution in [1.82, 2.24) is 0 Å². The van der Waals surface area contributed by atoms with Gasteiger partial charge in [0.15, 0.2) is 0 Å². The fourth-order valence-corrected chi connectivity index (χ4v) is 1.90. The van der Waals surface area contributed by atoms with Crippen LogP contribution in [0.4, 0.5) is 0 Å². The molecule has 4 nitrogen and oxygen atoms in total. The second-order valence-electron chi connectivity index (χ2n) is 4.71. The van der Waals surface area contributed by atoms with Crippen molar-refractivity contribution < 1.29 is 14.6 Å². The predicted octanol–water partition coefficient (Wildman–Crippen LogP) is 1.99. The Morgan fingerprint density at radius 1 is 1.47 bits per heavy atom. The summed E-state index contributed by atoms with van der Waals surface area (Å²) in [7, 11) is 1.57. The molecule has 1 rings (SSSR count). The van der Waals surface area contributed by atoms with Crippen LogP contribution in [0.15, 0.2) is 24.3 Å². The molecular formula is C13H19NO3. The third-order valence-electron chi connectivity index (χ3n) is 2.79. The molecule has 0 aromatic heterocycles. The van der Waals surface area contributed by atoms with Crippen molar-refractivity contribution in [2.45, 2.75) is 31.7 Å². The second-order valence-corrected chi connectivity index (χ2v) is 4.71. The number of carboxylic acid groups (broad SMARTS) is 1. The highest BCUT2D eigenvalue weighted by molar-refractivity contribution is 5.68. The Kier molecular flexibility index (Phi) is 4.12. The van der Waals surface area contributed by atoms with E-state index in [0.717, 1.165) is 5.56 Å². The Morgan fingerprint density at radius 2 is 2.06 bits per heavy atom. The zero-order valence-electron chi connectivity index (χ0n) is 10.4. The first-order valence-corrected chi connectivity index (χ1v) is 5.50. The molecule has 0 bridgehead atoms.